The van der Waals surface area contributed by atoms with Gasteiger partial charge < -0.3 is 19.1 Å². The van der Waals surface area contributed by atoms with Crippen molar-refractivity contribution in [1.29, 1.82) is 0 Å². The summed E-state index contributed by atoms with van der Waals surface area (Å²) in [6, 6.07) is 23.9. The predicted molar refractivity (Wildman–Crippen MR) is 206 cm³/mol. The maximum absolute atomic E-state index is 14.1. The SMILES string of the molecule is COc1ccc(CN(C(=O)OC(C)(C)C)c2cc(C[C@H]3C(=O)N(C(=O)N4CCC=C(c5cccc([N+](=O)[O-])c5)C4)[C@@H]3C(=O)OCc3ccccc3)ccn2)cc1. The molecule has 0 aliphatic carbocycles. The molecule has 0 saturated carbocycles. The number of β-lactam (4-membered cyclic amide) rings is 1. The van der Waals surface area contributed by atoms with Crippen molar-refractivity contribution < 1.29 is 38.3 Å². The Morgan fingerprint density at radius 2 is 1.70 bits per heavy atom. The quantitative estimate of drug-likeness (QED) is 0.0676. The molecule has 0 unspecified atom stereocenters. The number of ether oxygens (including phenoxy) is 3. The number of likely N-dealkylation sites (tertiary alicyclic amines) is 1. The number of carbonyl (C=O) groups excluding carboxylic acids is 4. The van der Waals surface area contributed by atoms with Gasteiger partial charge in [0.1, 0.15) is 23.8 Å². The van der Waals surface area contributed by atoms with Crippen LogP contribution in [0.1, 0.15) is 49.4 Å². The summed E-state index contributed by atoms with van der Waals surface area (Å²) in [7, 11) is 1.57. The number of aromatic nitrogens is 1. The van der Waals surface area contributed by atoms with Crippen molar-refractivity contribution in [2.24, 2.45) is 5.92 Å². The minimum absolute atomic E-state index is 0.0484. The molecule has 0 spiro atoms. The lowest BCUT2D eigenvalue weighted by atomic mass is 9.82. The van der Waals surface area contributed by atoms with E-state index in [1.165, 1.54) is 28.1 Å². The summed E-state index contributed by atoms with van der Waals surface area (Å²) in [6.07, 6.45) is 3.29. The Morgan fingerprint density at radius 1 is 0.946 bits per heavy atom. The number of nitro groups is 1. The van der Waals surface area contributed by atoms with Gasteiger partial charge in [-0.1, -0.05) is 60.7 Å². The molecule has 3 aromatic carbocycles. The van der Waals surface area contributed by atoms with Crippen LogP contribution in [0.3, 0.4) is 0 Å². The predicted octanol–water partition coefficient (Wildman–Crippen LogP) is 6.96. The number of benzene rings is 3. The molecule has 6 rings (SSSR count). The number of urea groups is 1. The Kier molecular flexibility index (Phi) is 11.8. The average molecular weight is 762 g/mol. The normalized spacial score (nSPS) is 16.6. The Bertz CT molecular complexity index is 2130. The largest absolute Gasteiger partial charge is 0.497 e. The van der Waals surface area contributed by atoms with Crippen molar-refractivity contribution >= 4 is 41.1 Å². The number of nitro benzene ring substituents is 1. The molecule has 0 radical (unpaired) electrons. The number of carbonyl (C=O) groups is 4. The van der Waals surface area contributed by atoms with Crippen LogP contribution in [0, 0.1) is 16.0 Å². The highest BCUT2D eigenvalue weighted by atomic mass is 16.6. The van der Waals surface area contributed by atoms with Gasteiger partial charge in [0.05, 0.1) is 24.5 Å². The number of pyridine rings is 1. The van der Waals surface area contributed by atoms with Crippen LogP contribution in [0.4, 0.5) is 21.1 Å². The third-order valence-electron chi connectivity index (χ3n) is 9.39. The summed E-state index contributed by atoms with van der Waals surface area (Å²) in [5, 5.41) is 11.4. The number of rotatable bonds is 11. The van der Waals surface area contributed by atoms with Gasteiger partial charge >= 0.3 is 18.1 Å². The fourth-order valence-corrected chi connectivity index (χ4v) is 6.59. The lowest BCUT2D eigenvalue weighted by Gasteiger charge is -2.46. The maximum atomic E-state index is 14.1. The van der Waals surface area contributed by atoms with Gasteiger partial charge in [0.15, 0.2) is 6.04 Å². The van der Waals surface area contributed by atoms with E-state index in [-0.39, 0.29) is 44.2 Å². The Labute approximate surface area is 324 Å². The summed E-state index contributed by atoms with van der Waals surface area (Å²) in [4.78, 5) is 74.6. The number of imide groups is 1. The number of anilines is 1. The highest BCUT2D eigenvalue weighted by molar-refractivity contribution is 6.08. The van der Waals surface area contributed by atoms with Crippen molar-refractivity contribution in [3.8, 4) is 5.75 Å². The second-order valence-corrected chi connectivity index (χ2v) is 14.5. The van der Waals surface area contributed by atoms with Crippen molar-refractivity contribution in [3.63, 3.8) is 0 Å². The van der Waals surface area contributed by atoms with Gasteiger partial charge in [0.2, 0.25) is 5.91 Å². The Balaban J connectivity index is 1.25. The zero-order valence-electron chi connectivity index (χ0n) is 31.6. The van der Waals surface area contributed by atoms with Gasteiger partial charge in [-0.05, 0) is 85.7 Å². The zero-order valence-corrected chi connectivity index (χ0v) is 31.6. The van der Waals surface area contributed by atoms with E-state index in [4.69, 9.17) is 14.2 Å². The molecule has 14 nitrogen and oxygen atoms in total. The minimum Gasteiger partial charge on any atom is -0.497 e. The first-order valence-electron chi connectivity index (χ1n) is 18.2. The van der Waals surface area contributed by atoms with Gasteiger partial charge in [-0.2, -0.15) is 0 Å². The number of non-ortho nitro benzene ring substituents is 1. The van der Waals surface area contributed by atoms with Gasteiger partial charge in [0.25, 0.3) is 5.69 Å². The minimum atomic E-state index is -1.23. The second-order valence-electron chi connectivity index (χ2n) is 14.5. The Morgan fingerprint density at radius 3 is 2.39 bits per heavy atom. The molecule has 2 atom stereocenters. The van der Waals surface area contributed by atoms with Crippen molar-refractivity contribution in [3.05, 3.63) is 136 Å². The van der Waals surface area contributed by atoms with Crippen LogP contribution in [0.15, 0.2) is 103 Å². The molecule has 1 aromatic heterocycles. The third kappa shape index (κ3) is 9.20. The molecule has 3 heterocycles. The Hall–Kier alpha value is -6.57. The molecule has 2 aliphatic heterocycles. The smallest absolute Gasteiger partial charge is 0.416 e. The first-order valence-corrected chi connectivity index (χ1v) is 18.2. The number of nitrogens with zero attached hydrogens (tertiary/aromatic N) is 5. The molecule has 4 aromatic rings. The van der Waals surface area contributed by atoms with E-state index < -0.39 is 46.5 Å². The first-order chi connectivity index (χ1) is 26.8. The van der Waals surface area contributed by atoms with Crippen molar-refractivity contribution in [2.45, 2.75) is 58.4 Å². The molecule has 2 aliphatic rings. The standard InChI is InChI=1S/C42H43N5O9/c1-42(2,3)56-41(51)45(25-28-15-17-34(54-4)18-16-28)36-23-30(19-20-43-36)22-35-37(39(49)55-27-29-10-6-5-7-11-29)46(38(35)48)40(50)44-21-9-13-32(26-44)31-12-8-14-33(24-31)47(52)53/h5-8,10-20,23-24,35,37H,9,21-22,25-27H2,1-4H3/t35-,37+/m1/s1. The first kappa shape index (κ1) is 39.1. The lowest BCUT2D eigenvalue weighted by molar-refractivity contribution is -0.384. The lowest BCUT2D eigenvalue weighted by Crippen LogP contribution is -2.69. The molecular weight excluding hydrogens is 718 g/mol. The maximum Gasteiger partial charge on any atom is 0.416 e. The molecular formula is C42H43N5O9. The van der Waals surface area contributed by atoms with E-state index >= 15 is 0 Å². The molecule has 1 saturated heterocycles. The van der Waals surface area contributed by atoms with Gasteiger partial charge in [0, 0.05) is 31.4 Å². The van der Waals surface area contributed by atoms with Crippen LogP contribution < -0.4 is 9.64 Å². The van der Waals surface area contributed by atoms with Gasteiger partial charge in [-0.25, -0.2) is 24.3 Å². The number of hydrogen-bond acceptors (Lipinski definition) is 10. The average Bonchev–Trinajstić information content (AvgIpc) is 3.20. The van der Waals surface area contributed by atoms with E-state index in [1.54, 1.807) is 76.4 Å². The monoisotopic (exact) mass is 761 g/mol. The molecule has 4 amide bonds. The molecule has 0 N–H and O–H groups in total. The number of amides is 4. The van der Waals surface area contributed by atoms with Gasteiger partial charge in [-0.15, -0.1) is 0 Å². The van der Waals surface area contributed by atoms with Gasteiger partial charge in [-0.3, -0.25) is 19.8 Å². The van der Waals surface area contributed by atoms with Crippen LogP contribution in [-0.2, 0) is 38.6 Å². The molecule has 1 fully saturated rings. The highest BCUT2D eigenvalue weighted by Gasteiger charge is 2.56. The van der Waals surface area contributed by atoms with Crippen LogP contribution in [0.25, 0.3) is 5.57 Å². The van der Waals surface area contributed by atoms with Crippen LogP contribution in [-0.4, -0.2) is 75.6 Å². The second kappa shape index (κ2) is 16.8. The summed E-state index contributed by atoms with van der Waals surface area (Å²) in [5.41, 5.74) is 2.52. The van der Waals surface area contributed by atoms with Crippen molar-refractivity contribution in [2.75, 3.05) is 25.1 Å². The molecule has 14 heteroatoms. The zero-order chi connectivity index (χ0) is 40.0. The molecule has 0 bridgehead atoms. The summed E-state index contributed by atoms with van der Waals surface area (Å²) in [6.45, 7) is 5.72. The van der Waals surface area contributed by atoms with Crippen LogP contribution in [0.2, 0.25) is 0 Å². The highest BCUT2D eigenvalue weighted by Crippen LogP contribution is 2.35. The van der Waals surface area contributed by atoms with E-state index in [1.807, 2.05) is 36.4 Å². The fraction of sp³-hybridized carbons (Fsp3) is 0.310. The third-order valence-corrected chi connectivity index (χ3v) is 9.39. The summed E-state index contributed by atoms with van der Waals surface area (Å²) >= 11 is 0. The topological polar surface area (TPSA) is 162 Å². The summed E-state index contributed by atoms with van der Waals surface area (Å²) < 4.78 is 16.7. The fourth-order valence-electron chi connectivity index (χ4n) is 6.59. The number of methoxy groups -OCH3 is 1. The summed E-state index contributed by atoms with van der Waals surface area (Å²) in [5.74, 6) is -1.31. The van der Waals surface area contributed by atoms with Crippen molar-refractivity contribution in [1.82, 2.24) is 14.8 Å². The molecule has 290 valence electrons. The van der Waals surface area contributed by atoms with Crippen LogP contribution >= 0.6 is 0 Å². The van der Waals surface area contributed by atoms with E-state index in [0.717, 1.165) is 16.0 Å². The van der Waals surface area contributed by atoms with E-state index in [2.05, 4.69) is 4.98 Å². The number of hydrogen-bond donors (Lipinski definition) is 0. The molecule has 56 heavy (non-hydrogen) atoms. The number of esters is 1. The van der Waals surface area contributed by atoms with Crippen LogP contribution in [0.5, 0.6) is 5.75 Å². The van der Waals surface area contributed by atoms with E-state index in [0.29, 0.717) is 28.9 Å². The van der Waals surface area contributed by atoms with E-state index in [9.17, 15) is 29.3 Å².